The highest BCUT2D eigenvalue weighted by Crippen LogP contribution is 2.26. The van der Waals surface area contributed by atoms with Crippen molar-refractivity contribution in [3.8, 4) is 0 Å². The molecular weight excluding hydrogens is 259 g/mol. The number of hydrogen-bond acceptors (Lipinski definition) is 5. The van der Waals surface area contributed by atoms with Gasteiger partial charge in [-0.1, -0.05) is 23.1 Å². The van der Waals surface area contributed by atoms with Gasteiger partial charge in [0.2, 0.25) is 0 Å². The van der Waals surface area contributed by atoms with Crippen LogP contribution in [0.3, 0.4) is 0 Å². The van der Waals surface area contributed by atoms with Gasteiger partial charge >= 0.3 is 0 Å². The number of Topliss-reactive ketones (excluding diaryl/α,β-unsaturated/α-hetero) is 1. The molecule has 0 aliphatic carbocycles. The van der Waals surface area contributed by atoms with Crippen molar-refractivity contribution >= 4 is 28.9 Å². The SMILES string of the molecule is CC(Sc1nncs1)C(=O)c1ccc(F)cc1. The molecule has 0 saturated carbocycles. The van der Waals surface area contributed by atoms with Gasteiger partial charge in [-0.15, -0.1) is 10.2 Å². The van der Waals surface area contributed by atoms with E-state index in [1.165, 1.54) is 47.4 Å². The van der Waals surface area contributed by atoms with E-state index in [2.05, 4.69) is 10.2 Å². The molecule has 1 aromatic carbocycles. The maximum Gasteiger partial charge on any atom is 0.175 e. The largest absolute Gasteiger partial charge is 0.293 e. The number of thioether (sulfide) groups is 1. The van der Waals surface area contributed by atoms with Crippen LogP contribution in [0, 0.1) is 5.82 Å². The highest BCUT2D eigenvalue weighted by molar-refractivity contribution is 8.02. The van der Waals surface area contributed by atoms with Gasteiger partial charge in [0.1, 0.15) is 11.3 Å². The lowest BCUT2D eigenvalue weighted by Crippen LogP contribution is -2.13. The summed E-state index contributed by atoms with van der Waals surface area (Å²) >= 11 is 2.75. The van der Waals surface area contributed by atoms with Crippen LogP contribution in [-0.2, 0) is 0 Å². The second kappa shape index (κ2) is 5.37. The molecule has 1 aromatic heterocycles. The van der Waals surface area contributed by atoms with E-state index in [1.54, 1.807) is 12.4 Å². The molecule has 0 radical (unpaired) electrons. The fraction of sp³-hybridized carbons (Fsp3) is 0.182. The maximum atomic E-state index is 12.7. The summed E-state index contributed by atoms with van der Waals surface area (Å²) in [6, 6.07) is 5.56. The molecule has 88 valence electrons. The third kappa shape index (κ3) is 3.10. The molecule has 6 heteroatoms. The van der Waals surface area contributed by atoms with Crippen molar-refractivity contribution in [1.29, 1.82) is 0 Å². The van der Waals surface area contributed by atoms with Crippen LogP contribution >= 0.6 is 23.1 Å². The first kappa shape index (κ1) is 12.2. The molecule has 0 N–H and O–H groups in total. The van der Waals surface area contributed by atoms with Crippen LogP contribution in [0.1, 0.15) is 17.3 Å². The minimum Gasteiger partial charge on any atom is -0.293 e. The van der Waals surface area contributed by atoms with Gasteiger partial charge in [0, 0.05) is 5.56 Å². The van der Waals surface area contributed by atoms with E-state index in [0.717, 1.165) is 4.34 Å². The lowest BCUT2D eigenvalue weighted by atomic mass is 10.1. The van der Waals surface area contributed by atoms with Crippen molar-refractivity contribution in [2.45, 2.75) is 16.5 Å². The van der Waals surface area contributed by atoms with Crippen molar-refractivity contribution in [1.82, 2.24) is 10.2 Å². The lowest BCUT2D eigenvalue weighted by Gasteiger charge is -2.07. The average molecular weight is 268 g/mol. The van der Waals surface area contributed by atoms with E-state index >= 15 is 0 Å². The van der Waals surface area contributed by atoms with Crippen LogP contribution in [0.4, 0.5) is 4.39 Å². The topological polar surface area (TPSA) is 42.9 Å². The number of benzene rings is 1. The molecule has 0 saturated heterocycles. The quantitative estimate of drug-likeness (QED) is 0.631. The monoisotopic (exact) mass is 268 g/mol. The van der Waals surface area contributed by atoms with E-state index in [-0.39, 0.29) is 16.9 Å². The highest BCUT2D eigenvalue weighted by Gasteiger charge is 2.17. The summed E-state index contributed by atoms with van der Waals surface area (Å²) in [6.45, 7) is 1.80. The van der Waals surface area contributed by atoms with E-state index in [0.29, 0.717) is 5.56 Å². The molecule has 0 fully saturated rings. The summed E-state index contributed by atoms with van der Waals surface area (Å²) < 4.78 is 13.5. The number of carbonyl (C=O) groups excluding carboxylic acids is 1. The Balaban J connectivity index is 2.07. The van der Waals surface area contributed by atoms with Crippen molar-refractivity contribution in [2.24, 2.45) is 0 Å². The standard InChI is InChI=1S/C11H9FN2OS2/c1-7(17-11-14-13-6-16-11)10(15)8-2-4-9(12)5-3-8/h2-7H,1H3. The van der Waals surface area contributed by atoms with E-state index in [9.17, 15) is 9.18 Å². The van der Waals surface area contributed by atoms with Crippen LogP contribution in [0.15, 0.2) is 34.1 Å². The van der Waals surface area contributed by atoms with Gasteiger partial charge in [-0.3, -0.25) is 4.79 Å². The smallest absolute Gasteiger partial charge is 0.175 e. The third-order valence-corrected chi connectivity index (χ3v) is 4.03. The Hall–Kier alpha value is -1.27. The second-order valence-corrected chi connectivity index (χ2v) is 5.76. The van der Waals surface area contributed by atoms with Gasteiger partial charge in [-0.05, 0) is 31.2 Å². The summed E-state index contributed by atoms with van der Waals surface area (Å²) in [5.41, 5.74) is 2.13. The minimum absolute atomic E-state index is 0.0369. The summed E-state index contributed by atoms with van der Waals surface area (Å²) in [4.78, 5) is 12.0. The minimum atomic E-state index is -0.342. The molecule has 0 bridgehead atoms. The summed E-state index contributed by atoms with van der Waals surface area (Å²) in [5.74, 6) is -0.379. The number of hydrogen-bond donors (Lipinski definition) is 0. The van der Waals surface area contributed by atoms with E-state index in [4.69, 9.17) is 0 Å². The molecule has 1 heterocycles. The van der Waals surface area contributed by atoms with Crippen LogP contribution in [-0.4, -0.2) is 21.2 Å². The van der Waals surface area contributed by atoms with Crippen LogP contribution < -0.4 is 0 Å². The Bertz CT molecular complexity index is 499. The zero-order valence-corrected chi connectivity index (χ0v) is 10.6. The zero-order valence-electron chi connectivity index (χ0n) is 8.96. The van der Waals surface area contributed by atoms with Crippen molar-refractivity contribution < 1.29 is 9.18 Å². The lowest BCUT2D eigenvalue weighted by molar-refractivity contribution is 0.0994. The normalized spacial score (nSPS) is 12.4. The number of halogens is 1. The molecular formula is C11H9FN2OS2. The Morgan fingerprint density at radius 3 is 2.71 bits per heavy atom. The summed E-state index contributed by atoms with van der Waals surface area (Å²) in [5, 5.41) is 7.32. The van der Waals surface area contributed by atoms with Crippen LogP contribution in [0.5, 0.6) is 0 Å². The Kier molecular flexibility index (Phi) is 3.86. The number of nitrogens with zero attached hydrogens (tertiary/aromatic N) is 2. The molecule has 0 amide bonds. The highest BCUT2D eigenvalue weighted by atomic mass is 32.2. The van der Waals surface area contributed by atoms with Gasteiger partial charge in [0.15, 0.2) is 10.1 Å². The van der Waals surface area contributed by atoms with Crippen molar-refractivity contribution in [2.75, 3.05) is 0 Å². The molecule has 17 heavy (non-hydrogen) atoms. The number of rotatable bonds is 4. The second-order valence-electron chi connectivity index (χ2n) is 3.34. The molecule has 1 atom stereocenters. The predicted molar refractivity (Wildman–Crippen MR) is 66.0 cm³/mol. The Morgan fingerprint density at radius 1 is 1.41 bits per heavy atom. The van der Waals surface area contributed by atoms with Gasteiger partial charge < -0.3 is 0 Å². The zero-order chi connectivity index (χ0) is 12.3. The summed E-state index contributed by atoms with van der Waals surface area (Å²) in [7, 11) is 0. The van der Waals surface area contributed by atoms with Crippen LogP contribution in [0.2, 0.25) is 0 Å². The van der Waals surface area contributed by atoms with Gasteiger partial charge in [0.25, 0.3) is 0 Å². The van der Waals surface area contributed by atoms with Crippen molar-refractivity contribution in [3.63, 3.8) is 0 Å². The molecule has 0 aliphatic rings. The van der Waals surface area contributed by atoms with Crippen LogP contribution in [0.25, 0.3) is 0 Å². The first-order valence-electron chi connectivity index (χ1n) is 4.89. The Morgan fingerprint density at radius 2 is 2.12 bits per heavy atom. The fourth-order valence-electron chi connectivity index (χ4n) is 1.27. The first-order chi connectivity index (χ1) is 8.16. The number of aromatic nitrogens is 2. The van der Waals surface area contributed by atoms with Gasteiger partial charge in [-0.25, -0.2) is 4.39 Å². The Labute approximate surface area is 106 Å². The molecule has 0 aliphatic heterocycles. The molecule has 1 unspecified atom stereocenters. The molecule has 3 nitrogen and oxygen atoms in total. The summed E-state index contributed by atoms with van der Waals surface area (Å²) in [6.07, 6.45) is 0. The van der Waals surface area contributed by atoms with Gasteiger partial charge in [0.05, 0.1) is 5.25 Å². The predicted octanol–water partition coefficient (Wildman–Crippen LogP) is 3.04. The van der Waals surface area contributed by atoms with E-state index in [1.807, 2.05) is 0 Å². The van der Waals surface area contributed by atoms with E-state index < -0.39 is 0 Å². The third-order valence-electron chi connectivity index (χ3n) is 2.12. The number of carbonyl (C=O) groups is 1. The average Bonchev–Trinajstić information content (AvgIpc) is 2.82. The first-order valence-corrected chi connectivity index (χ1v) is 6.65. The molecule has 2 rings (SSSR count). The molecule has 0 spiro atoms. The number of ketones is 1. The van der Waals surface area contributed by atoms with Crippen molar-refractivity contribution in [3.05, 3.63) is 41.2 Å². The van der Waals surface area contributed by atoms with Gasteiger partial charge in [-0.2, -0.15) is 0 Å². The fourth-order valence-corrected chi connectivity index (χ4v) is 2.97. The maximum absolute atomic E-state index is 12.7. The molecule has 2 aromatic rings.